The number of carbonyl (C=O) groups excluding carboxylic acids is 1. The van der Waals surface area contributed by atoms with Gasteiger partial charge in [-0.25, -0.2) is 0 Å². The van der Waals surface area contributed by atoms with Crippen LogP contribution in [0.2, 0.25) is 0 Å². The highest BCUT2D eigenvalue weighted by Gasteiger charge is 2.38. The summed E-state index contributed by atoms with van der Waals surface area (Å²) in [5.74, 6) is 0.683. The van der Waals surface area contributed by atoms with Crippen LogP contribution >= 0.6 is 0 Å². The molecule has 1 aromatic heterocycles. The molecule has 28 heavy (non-hydrogen) atoms. The number of nitrogens with zero attached hydrogens (tertiary/aromatic N) is 3. The van der Waals surface area contributed by atoms with Gasteiger partial charge in [-0.3, -0.25) is 14.8 Å². The zero-order chi connectivity index (χ0) is 18.9. The summed E-state index contributed by atoms with van der Waals surface area (Å²) in [7, 11) is 0. The quantitative estimate of drug-likeness (QED) is 0.858. The minimum absolute atomic E-state index is 0.111. The molecule has 2 aromatic rings. The van der Waals surface area contributed by atoms with Crippen LogP contribution in [0.25, 0.3) is 0 Å². The Morgan fingerprint density at radius 3 is 2.96 bits per heavy atom. The van der Waals surface area contributed by atoms with Crippen LogP contribution in [0.5, 0.6) is 0 Å². The van der Waals surface area contributed by atoms with Gasteiger partial charge in [0.25, 0.3) is 5.91 Å². The molecule has 4 heterocycles. The Labute approximate surface area is 166 Å². The van der Waals surface area contributed by atoms with Crippen molar-refractivity contribution in [1.29, 1.82) is 0 Å². The molecule has 2 saturated heterocycles. The van der Waals surface area contributed by atoms with Gasteiger partial charge >= 0.3 is 0 Å². The van der Waals surface area contributed by atoms with Crippen LogP contribution in [-0.2, 0) is 19.5 Å². The monoisotopic (exact) mass is 379 g/mol. The summed E-state index contributed by atoms with van der Waals surface area (Å²) in [6.45, 7) is 5.59. The molecular formula is C22H29N5O. The summed E-state index contributed by atoms with van der Waals surface area (Å²) in [5, 5.41) is 10.8. The Bertz CT molecular complexity index is 833. The van der Waals surface area contributed by atoms with E-state index in [1.807, 2.05) is 0 Å². The van der Waals surface area contributed by atoms with Gasteiger partial charge in [0.05, 0.1) is 0 Å². The third-order valence-corrected chi connectivity index (χ3v) is 6.71. The molecule has 5 rings (SSSR count). The van der Waals surface area contributed by atoms with E-state index in [9.17, 15) is 4.79 Å². The zero-order valence-electron chi connectivity index (χ0n) is 16.4. The molecule has 1 aromatic carbocycles. The number of carbonyl (C=O) groups is 1. The number of rotatable bonds is 3. The fourth-order valence-electron chi connectivity index (χ4n) is 5.26. The van der Waals surface area contributed by atoms with E-state index >= 15 is 0 Å². The van der Waals surface area contributed by atoms with Crippen LogP contribution in [-0.4, -0.2) is 58.1 Å². The number of hydrogen-bond donors (Lipinski definition) is 2. The van der Waals surface area contributed by atoms with Crippen LogP contribution in [0.4, 0.5) is 0 Å². The van der Waals surface area contributed by atoms with E-state index in [1.54, 1.807) is 0 Å². The summed E-state index contributed by atoms with van der Waals surface area (Å²) >= 11 is 0. The first-order chi connectivity index (χ1) is 13.8. The van der Waals surface area contributed by atoms with Gasteiger partial charge in [-0.15, -0.1) is 0 Å². The fourth-order valence-corrected chi connectivity index (χ4v) is 5.26. The Morgan fingerprint density at radius 1 is 1.18 bits per heavy atom. The first-order valence-corrected chi connectivity index (χ1v) is 10.6. The Balaban J connectivity index is 1.27. The van der Waals surface area contributed by atoms with Crippen molar-refractivity contribution in [2.24, 2.45) is 5.92 Å². The van der Waals surface area contributed by atoms with Crippen LogP contribution in [0, 0.1) is 5.92 Å². The number of fused-ring (bicyclic) bond motifs is 2. The second-order valence-electron chi connectivity index (χ2n) is 8.42. The van der Waals surface area contributed by atoms with Gasteiger partial charge in [-0.1, -0.05) is 30.3 Å². The zero-order valence-corrected chi connectivity index (χ0v) is 16.4. The molecule has 0 aliphatic carbocycles. The first kappa shape index (κ1) is 17.9. The normalized spacial score (nSPS) is 25.2. The molecular weight excluding hydrogens is 350 g/mol. The maximum Gasteiger partial charge on any atom is 0.274 e. The lowest BCUT2D eigenvalue weighted by Crippen LogP contribution is -2.54. The van der Waals surface area contributed by atoms with E-state index in [1.165, 1.54) is 24.9 Å². The highest BCUT2D eigenvalue weighted by molar-refractivity contribution is 5.94. The van der Waals surface area contributed by atoms with Gasteiger partial charge in [-0.05, 0) is 37.3 Å². The molecule has 2 unspecified atom stereocenters. The van der Waals surface area contributed by atoms with Gasteiger partial charge in [-0.2, -0.15) is 5.10 Å². The summed E-state index contributed by atoms with van der Waals surface area (Å²) in [6, 6.07) is 11.4. The lowest BCUT2D eigenvalue weighted by Gasteiger charge is -2.47. The predicted octanol–water partition coefficient (Wildman–Crippen LogP) is 2.18. The molecule has 1 amide bonds. The smallest absolute Gasteiger partial charge is 0.274 e. The largest absolute Gasteiger partial charge is 0.337 e. The molecule has 2 atom stereocenters. The van der Waals surface area contributed by atoms with Gasteiger partial charge in [0, 0.05) is 56.4 Å². The average Bonchev–Trinajstić information content (AvgIpc) is 3.18. The fraction of sp³-hybridized carbons (Fsp3) is 0.545. The molecule has 2 N–H and O–H groups in total. The standard InChI is InChI=1S/C22H29N5O/c28-22(21-18-13-23-10-8-19(18)24-25-21)27-12-9-20-17(15-27)7-4-11-26(20)14-16-5-2-1-3-6-16/h1-3,5-6,17,20,23H,4,7-15H2,(H,24,25). The molecule has 3 aliphatic rings. The average molecular weight is 380 g/mol. The minimum atomic E-state index is 0.111. The van der Waals surface area contributed by atoms with E-state index in [0.29, 0.717) is 17.7 Å². The third-order valence-electron chi connectivity index (χ3n) is 6.71. The number of H-pyrrole nitrogens is 1. The van der Waals surface area contributed by atoms with Gasteiger partial charge in [0.2, 0.25) is 0 Å². The van der Waals surface area contributed by atoms with E-state index in [-0.39, 0.29) is 5.91 Å². The van der Waals surface area contributed by atoms with Crippen molar-refractivity contribution in [3.05, 3.63) is 52.8 Å². The van der Waals surface area contributed by atoms with Crippen molar-refractivity contribution in [2.45, 2.75) is 44.8 Å². The summed E-state index contributed by atoms with van der Waals surface area (Å²) in [4.78, 5) is 17.9. The van der Waals surface area contributed by atoms with Crippen molar-refractivity contribution < 1.29 is 4.79 Å². The third kappa shape index (κ3) is 3.35. The van der Waals surface area contributed by atoms with Gasteiger partial charge < -0.3 is 10.2 Å². The van der Waals surface area contributed by atoms with Crippen molar-refractivity contribution in [3.8, 4) is 0 Å². The molecule has 6 heteroatoms. The van der Waals surface area contributed by atoms with Crippen molar-refractivity contribution in [3.63, 3.8) is 0 Å². The number of nitrogens with one attached hydrogen (secondary N) is 2. The van der Waals surface area contributed by atoms with Gasteiger partial charge in [0.1, 0.15) is 0 Å². The second-order valence-corrected chi connectivity index (χ2v) is 8.42. The van der Waals surface area contributed by atoms with E-state index in [4.69, 9.17) is 0 Å². The summed E-state index contributed by atoms with van der Waals surface area (Å²) in [5.41, 5.74) is 4.23. The number of likely N-dealkylation sites (tertiary alicyclic amines) is 2. The number of amides is 1. The highest BCUT2D eigenvalue weighted by atomic mass is 16.2. The Morgan fingerprint density at radius 2 is 2.07 bits per heavy atom. The predicted molar refractivity (Wildman–Crippen MR) is 108 cm³/mol. The van der Waals surface area contributed by atoms with Crippen LogP contribution < -0.4 is 5.32 Å². The molecule has 0 saturated carbocycles. The van der Waals surface area contributed by atoms with Crippen LogP contribution in [0.3, 0.4) is 0 Å². The molecule has 0 radical (unpaired) electrons. The van der Waals surface area contributed by atoms with E-state index in [2.05, 4.69) is 55.6 Å². The van der Waals surface area contributed by atoms with Crippen molar-refractivity contribution in [2.75, 3.05) is 26.2 Å². The molecule has 0 spiro atoms. The topological polar surface area (TPSA) is 64.3 Å². The summed E-state index contributed by atoms with van der Waals surface area (Å²) < 4.78 is 0. The van der Waals surface area contributed by atoms with E-state index in [0.717, 1.165) is 56.8 Å². The van der Waals surface area contributed by atoms with Crippen LogP contribution in [0.1, 0.15) is 46.6 Å². The van der Waals surface area contributed by atoms with Crippen LogP contribution in [0.15, 0.2) is 30.3 Å². The lowest BCUT2D eigenvalue weighted by atomic mass is 9.83. The molecule has 6 nitrogen and oxygen atoms in total. The second kappa shape index (κ2) is 7.68. The maximum absolute atomic E-state index is 13.2. The van der Waals surface area contributed by atoms with Crippen molar-refractivity contribution >= 4 is 5.91 Å². The number of aromatic nitrogens is 2. The Hall–Kier alpha value is -2.18. The van der Waals surface area contributed by atoms with E-state index < -0.39 is 0 Å². The lowest BCUT2D eigenvalue weighted by molar-refractivity contribution is 0.0171. The number of hydrogen-bond acceptors (Lipinski definition) is 4. The summed E-state index contributed by atoms with van der Waals surface area (Å²) in [6.07, 6.45) is 4.43. The highest BCUT2D eigenvalue weighted by Crippen LogP contribution is 2.32. The number of piperidine rings is 2. The van der Waals surface area contributed by atoms with Crippen molar-refractivity contribution in [1.82, 2.24) is 25.3 Å². The SMILES string of the molecule is O=C(c1n[nH]c2c1CNCC2)N1CCC2C(CCCN2Cc2ccccc2)C1. The van der Waals surface area contributed by atoms with Gasteiger partial charge in [0.15, 0.2) is 5.69 Å². The Kier molecular flexibility index (Phi) is 4.91. The molecule has 148 valence electrons. The maximum atomic E-state index is 13.2. The molecule has 3 aliphatic heterocycles. The number of aromatic amines is 1. The minimum Gasteiger partial charge on any atom is -0.337 e. The first-order valence-electron chi connectivity index (χ1n) is 10.6. The molecule has 0 bridgehead atoms. The molecule has 2 fully saturated rings. The number of benzene rings is 1.